The van der Waals surface area contributed by atoms with Crippen molar-refractivity contribution in [2.24, 2.45) is 0 Å². The van der Waals surface area contributed by atoms with Crippen LogP contribution >= 0.6 is 0 Å². The molecule has 0 radical (unpaired) electrons. The Hall–Kier alpha value is -3.21. The van der Waals surface area contributed by atoms with Crippen molar-refractivity contribution in [3.05, 3.63) is 88.3 Å². The molecule has 1 aromatic heterocycles. The van der Waals surface area contributed by atoms with Crippen LogP contribution in [0.4, 0.5) is 0 Å². The summed E-state index contributed by atoms with van der Waals surface area (Å²) in [6, 6.07) is 18.7. The molecule has 0 saturated heterocycles. The molecule has 5 nitrogen and oxygen atoms in total. The van der Waals surface area contributed by atoms with E-state index in [-0.39, 0.29) is 12.2 Å². The molecular formula is C20H18N2O3. The summed E-state index contributed by atoms with van der Waals surface area (Å²) in [6.07, 6.45) is 1.30. The van der Waals surface area contributed by atoms with Crippen LogP contribution in [-0.4, -0.2) is 15.5 Å². The lowest BCUT2D eigenvalue weighted by Crippen LogP contribution is -2.29. The molecule has 0 aliphatic carbocycles. The van der Waals surface area contributed by atoms with Crippen molar-refractivity contribution in [1.29, 1.82) is 0 Å². The van der Waals surface area contributed by atoms with Crippen molar-refractivity contribution in [2.45, 2.75) is 20.1 Å². The van der Waals surface area contributed by atoms with Gasteiger partial charge in [0.1, 0.15) is 18.0 Å². The largest absolute Gasteiger partial charge is 0.457 e. The summed E-state index contributed by atoms with van der Waals surface area (Å²) in [4.78, 5) is 29.3. The van der Waals surface area contributed by atoms with Crippen LogP contribution in [0.1, 0.15) is 22.8 Å². The minimum atomic E-state index is -0.664. The molecule has 2 aromatic carbocycles. The first-order valence-corrected chi connectivity index (χ1v) is 8.07. The number of nitrogens with zero attached hydrogens (tertiary/aromatic N) is 2. The molecule has 0 N–H and O–H groups in total. The zero-order valence-corrected chi connectivity index (χ0v) is 13.9. The molecule has 126 valence electrons. The molecule has 0 fully saturated rings. The Morgan fingerprint density at radius 2 is 1.68 bits per heavy atom. The lowest BCUT2D eigenvalue weighted by atomic mass is 10.2. The van der Waals surface area contributed by atoms with Crippen molar-refractivity contribution in [2.75, 3.05) is 0 Å². The van der Waals surface area contributed by atoms with Gasteiger partial charge in [-0.15, -0.1) is 0 Å². The fraction of sp³-hybridized carbons (Fsp3) is 0.150. The Kier molecular flexibility index (Phi) is 5.04. The van der Waals surface area contributed by atoms with E-state index >= 15 is 0 Å². The first kappa shape index (κ1) is 16.6. The molecule has 0 saturated carbocycles. The van der Waals surface area contributed by atoms with Crippen LogP contribution in [0.15, 0.2) is 71.7 Å². The van der Waals surface area contributed by atoms with E-state index in [4.69, 9.17) is 4.74 Å². The van der Waals surface area contributed by atoms with Crippen LogP contribution in [0.2, 0.25) is 0 Å². The van der Waals surface area contributed by atoms with Gasteiger partial charge in [0.15, 0.2) is 0 Å². The number of ether oxygens (including phenoxy) is 1. The first-order valence-electron chi connectivity index (χ1n) is 8.07. The topological polar surface area (TPSA) is 61.2 Å². The normalized spacial score (nSPS) is 10.4. The monoisotopic (exact) mass is 334 g/mol. The number of carbonyl (C=O) groups is 1. The average Bonchev–Trinajstić information content (AvgIpc) is 2.67. The summed E-state index contributed by atoms with van der Waals surface area (Å²) in [7, 11) is 0. The minimum Gasteiger partial charge on any atom is -0.457 e. The second kappa shape index (κ2) is 7.57. The van der Waals surface area contributed by atoms with E-state index in [1.165, 1.54) is 10.8 Å². The molecule has 3 aromatic rings. The molecule has 0 spiro atoms. The van der Waals surface area contributed by atoms with Crippen molar-refractivity contribution in [3.63, 3.8) is 0 Å². The Morgan fingerprint density at radius 3 is 2.32 bits per heavy atom. The maximum absolute atomic E-state index is 12.7. The number of hydrogen-bond donors (Lipinski definition) is 0. The van der Waals surface area contributed by atoms with Crippen molar-refractivity contribution in [1.82, 2.24) is 9.55 Å². The van der Waals surface area contributed by atoms with Crippen molar-refractivity contribution in [3.8, 4) is 11.4 Å². The predicted molar refractivity (Wildman–Crippen MR) is 95.2 cm³/mol. The fourth-order valence-electron chi connectivity index (χ4n) is 2.54. The lowest BCUT2D eigenvalue weighted by Gasteiger charge is -2.12. The molecule has 25 heavy (non-hydrogen) atoms. The molecule has 5 heteroatoms. The zero-order chi connectivity index (χ0) is 17.6. The molecule has 0 amide bonds. The van der Waals surface area contributed by atoms with E-state index in [2.05, 4.69) is 4.98 Å². The van der Waals surface area contributed by atoms with Gasteiger partial charge >= 0.3 is 5.97 Å². The van der Waals surface area contributed by atoms with Crippen LogP contribution in [0.25, 0.3) is 11.4 Å². The van der Waals surface area contributed by atoms with Gasteiger partial charge in [0.25, 0.3) is 5.56 Å². The third-order valence-corrected chi connectivity index (χ3v) is 3.83. The molecule has 0 atom stereocenters. The zero-order valence-electron chi connectivity index (χ0n) is 13.9. The average molecular weight is 334 g/mol. The Labute approximate surface area is 145 Å². The summed E-state index contributed by atoms with van der Waals surface area (Å²) >= 11 is 0. The summed E-state index contributed by atoms with van der Waals surface area (Å²) in [5.41, 5.74) is 1.23. The summed E-state index contributed by atoms with van der Waals surface area (Å²) < 4.78 is 6.73. The maximum atomic E-state index is 12.7. The Balaban J connectivity index is 1.87. The van der Waals surface area contributed by atoms with Crippen LogP contribution in [0.5, 0.6) is 0 Å². The minimum absolute atomic E-state index is 0.0579. The maximum Gasteiger partial charge on any atom is 0.345 e. The molecular weight excluding hydrogens is 316 g/mol. The highest BCUT2D eigenvalue weighted by molar-refractivity contribution is 5.88. The van der Waals surface area contributed by atoms with Gasteiger partial charge in [0.05, 0.1) is 0 Å². The second-order valence-electron chi connectivity index (χ2n) is 5.47. The summed E-state index contributed by atoms with van der Waals surface area (Å²) in [5, 5.41) is 0. The highest BCUT2D eigenvalue weighted by atomic mass is 16.5. The summed E-state index contributed by atoms with van der Waals surface area (Å²) in [6.45, 7) is 2.37. The third-order valence-electron chi connectivity index (χ3n) is 3.83. The second-order valence-corrected chi connectivity index (χ2v) is 5.47. The van der Waals surface area contributed by atoms with Gasteiger partial charge in [-0.05, 0) is 12.5 Å². The lowest BCUT2D eigenvalue weighted by molar-refractivity contribution is 0.0469. The molecule has 0 bridgehead atoms. The first-order chi connectivity index (χ1) is 12.2. The number of carbonyl (C=O) groups excluding carboxylic acids is 1. The number of rotatable bonds is 5. The van der Waals surface area contributed by atoms with E-state index in [0.29, 0.717) is 12.4 Å². The summed E-state index contributed by atoms with van der Waals surface area (Å²) in [5.74, 6) is -0.129. The van der Waals surface area contributed by atoms with Crippen LogP contribution in [-0.2, 0) is 17.9 Å². The number of benzene rings is 2. The van der Waals surface area contributed by atoms with Gasteiger partial charge in [-0.1, -0.05) is 60.7 Å². The molecule has 1 heterocycles. The molecule has 0 aliphatic rings. The van der Waals surface area contributed by atoms with Crippen LogP contribution in [0, 0.1) is 0 Å². The smallest absolute Gasteiger partial charge is 0.345 e. The quantitative estimate of drug-likeness (QED) is 0.672. The standard InChI is InChI=1S/C20H18N2O3/c1-2-22-18(16-11-7-4-8-12-16)21-13-17(19(22)23)20(24)25-14-15-9-5-3-6-10-15/h3-13H,2,14H2,1H3. The van der Waals surface area contributed by atoms with Gasteiger partial charge in [-0.25, -0.2) is 9.78 Å². The fourth-order valence-corrected chi connectivity index (χ4v) is 2.54. The number of hydrogen-bond acceptors (Lipinski definition) is 4. The highest BCUT2D eigenvalue weighted by Gasteiger charge is 2.17. The number of esters is 1. The Morgan fingerprint density at radius 1 is 1.04 bits per heavy atom. The Bertz CT molecular complexity index is 919. The third kappa shape index (κ3) is 3.66. The van der Waals surface area contributed by atoms with E-state index in [0.717, 1.165) is 11.1 Å². The SMILES string of the molecule is CCn1c(-c2ccccc2)ncc(C(=O)OCc2ccccc2)c1=O. The van der Waals surface area contributed by atoms with Gasteiger partial charge < -0.3 is 4.74 Å². The van der Waals surface area contributed by atoms with E-state index in [1.54, 1.807) is 0 Å². The van der Waals surface area contributed by atoms with Gasteiger partial charge in [0.2, 0.25) is 0 Å². The van der Waals surface area contributed by atoms with E-state index < -0.39 is 11.5 Å². The molecule has 3 rings (SSSR count). The van der Waals surface area contributed by atoms with Gasteiger partial charge in [-0.2, -0.15) is 0 Å². The highest BCUT2D eigenvalue weighted by Crippen LogP contribution is 2.15. The van der Waals surface area contributed by atoms with Crippen LogP contribution < -0.4 is 5.56 Å². The van der Waals surface area contributed by atoms with Gasteiger partial charge in [-0.3, -0.25) is 9.36 Å². The number of aromatic nitrogens is 2. The van der Waals surface area contributed by atoms with Crippen molar-refractivity contribution < 1.29 is 9.53 Å². The van der Waals surface area contributed by atoms with E-state index in [1.807, 2.05) is 67.6 Å². The van der Waals surface area contributed by atoms with Gasteiger partial charge in [0, 0.05) is 18.3 Å². The van der Waals surface area contributed by atoms with Crippen LogP contribution in [0.3, 0.4) is 0 Å². The molecule has 0 aliphatic heterocycles. The molecule has 0 unspecified atom stereocenters. The predicted octanol–water partition coefficient (Wildman–Crippen LogP) is 3.29. The van der Waals surface area contributed by atoms with E-state index in [9.17, 15) is 9.59 Å². The van der Waals surface area contributed by atoms with Crippen molar-refractivity contribution >= 4 is 5.97 Å².